The van der Waals surface area contributed by atoms with Crippen molar-refractivity contribution < 1.29 is 28.6 Å². The molecule has 2 aromatic carbocycles. The number of pyridine rings is 3. The maximum Gasteiger partial charge on any atom is 0.255 e. The first-order chi connectivity index (χ1) is 27.4. The predicted molar refractivity (Wildman–Crippen MR) is 208 cm³/mol. The van der Waals surface area contributed by atoms with E-state index in [1.54, 1.807) is 24.5 Å². The summed E-state index contributed by atoms with van der Waals surface area (Å²) in [6, 6.07) is 21.1. The Bertz CT molecular complexity index is 2520. The lowest BCUT2D eigenvalue weighted by Gasteiger charge is -2.34. The minimum absolute atomic E-state index is 0.0588. The van der Waals surface area contributed by atoms with E-state index in [4.69, 9.17) is 14.2 Å². The summed E-state index contributed by atoms with van der Waals surface area (Å²) in [5.74, 6) is 6.58. The normalized spacial score (nSPS) is 19.0. The topological polar surface area (TPSA) is 149 Å². The summed E-state index contributed by atoms with van der Waals surface area (Å²) in [5, 5.41) is 4.60. The van der Waals surface area contributed by atoms with E-state index < -0.39 is 11.9 Å². The Morgan fingerprint density at radius 1 is 0.839 bits per heavy atom. The molecular weight excluding hydrogens is 709 g/mol. The Labute approximate surface area is 322 Å². The van der Waals surface area contributed by atoms with Crippen molar-refractivity contribution in [1.29, 1.82) is 0 Å². The van der Waals surface area contributed by atoms with Crippen LogP contribution in [0.15, 0.2) is 91.5 Å². The molecule has 56 heavy (non-hydrogen) atoms. The zero-order valence-electron chi connectivity index (χ0n) is 30.5. The van der Waals surface area contributed by atoms with Crippen molar-refractivity contribution in [2.45, 2.75) is 63.3 Å². The van der Waals surface area contributed by atoms with Crippen LogP contribution in [0.4, 0.5) is 0 Å². The number of ether oxygens (including phenoxy) is 3. The van der Waals surface area contributed by atoms with Gasteiger partial charge in [-0.1, -0.05) is 24.0 Å². The maximum absolute atomic E-state index is 12.9. The molecule has 4 aromatic heterocycles. The van der Waals surface area contributed by atoms with Gasteiger partial charge < -0.3 is 24.1 Å². The number of aromatic amines is 1. The number of benzene rings is 2. The van der Waals surface area contributed by atoms with Crippen LogP contribution in [0, 0.1) is 11.8 Å². The molecule has 12 heteroatoms. The number of imide groups is 1. The van der Waals surface area contributed by atoms with Crippen molar-refractivity contribution in [3.05, 3.63) is 114 Å². The quantitative estimate of drug-likeness (QED) is 0.0936. The second-order valence-electron chi connectivity index (χ2n) is 14.4. The largest absolute Gasteiger partial charge is 0.489 e. The third-order valence-electron chi connectivity index (χ3n) is 10.6. The summed E-state index contributed by atoms with van der Waals surface area (Å²) >= 11 is 0. The zero-order valence-corrected chi connectivity index (χ0v) is 30.5. The van der Waals surface area contributed by atoms with E-state index in [9.17, 15) is 14.4 Å². The van der Waals surface area contributed by atoms with Crippen LogP contribution >= 0.6 is 0 Å². The van der Waals surface area contributed by atoms with Crippen molar-refractivity contribution in [2.75, 3.05) is 13.2 Å². The van der Waals surface area contributed by atoms with Crippen molar-refractivity contribution in [2.24, 2.45) is 0 Å². The molecule has 9 rings (SSSR count). The first-order valence-electron chi connectivity index (χ1n) is 18.9. The van der Waals surface area contributed by atoms with E-state index >= 15 is 0 Å². The molecule has 3 aliphatic rings. The van der Waals surface area contributed by atoms with Gasteiger partial charge in [0, 0.05) is 101 Å². The molecule has 0 spiro atoms. The summed E-state index contributed by atoms with van der Waals surface area (Å²) in [4.78, 5) is 55.1. The highest BCUT2D eigenvalue weighted by Crippen LogP contribution is 2.32. The number of H-pyrrole nitrogens is 1. The average Bonchev–Trinajstić information content (AvgIpc) is 3.73. The van der Waals surface area contributed by atoms with Gasteiger partial charge in [0.25, 0.3) is 5.91 Å². The Balaban J connectivity index is 0.670. The molecule has 12 nitrogen and oxygen atoms in total. The molecule has 0 bridgehead atoms. The van der Waals surface area contributed by atoms with Gasteiger partial charge in [-0.15, -0.1) is 0 Å². The fraction of sp³-hybridized carbons (Fsp3) is 0.273. The minimum atomic E-state index is -0.632. The molecule has 2 N–H and O–H groups in total. The number of nitrogens with one attached hydrogen (secondary N) is 2. The molecule has 1 unspecified atom stereocenters. The van der Waals surface area contributed by atoms with E-state index in [0.717, 1.165) is 81.2 Å². The van der Waals surface area contributed by atoms with Gasteiger partial charge in [0.1, 0.15) is 30.6 Å². The number of fused-ring (bicyclic) bond motifs is 4. The standard InChI is InChI=1S/C44H38N6O6/c51-41-13-12-40(43(52)49-41)50-26-30-19-27(5-10-35(30)44(50)53)3-1-17-54-18-2-4-31-8-9-32(24-46-31)55-33-21-34(22-33)56-42-14-7-29(23-47-42)28-6-11-36-37-25-45-16-15-38(37)48-39(36)20-28/h5-11,14-16,19-20,23-25,33-34,40,48H,2,4,12-13,17-18,21-22,26H2,(H,49,51,52)/t33-,34-,40?. The smallest absolute Gasteiger partial charge is 0.255 e. The van der Waals surface area contributed by atoms with Crippen molar-refractivity contribution >= 4 is 39.5 Å². The molecule has 2 aliphatic heterocycles. The molecule has 280 valence electrons. The molecule has 3 amide bonds. The number of nitrogens with zero attached hydrogens (tertiary/aromatic N) is 4. The van der Waals surface area contributed by atoms with Gasteiger partial charge in [0.2, 0.25) is 17.7 Å². The van der Waals surface area contributed by atoms with Crippen molar-refractivity contribution in [3.63, 3.8) is 0 Å². The molecule has 1 saturated heterocycles. The minimum Gasteiger partial charge on any atom is -0.489 e. The highest BCUT2D eigenvalue weighted by molar-refractivity contribution is 6.08. The highest BCUT2D eigenvalue weighted by atomic mass is 16.5. The number of aromatic nitrogens is 4. The number of piperidine rings is 1. The van der Waals surface area contributed by atoms with E-state index in [-0.39, 0.29) is 37.0 Å². The number of rotatable bonds is 11. The Morgan fingerprint density at radius 2 is 1.73 bits per heavy atom. The van der Waals surface area contributed by atoms with Crippen molar-refractivity contribution in [3.8, 4) is 34.6 Å². The van der Waals surface area contributed by atoms with Crippen molar-refractivity contribution in [1.82, 2.24) is 30.2 Å². The SMILES string of the molecule is O=C1CCC(N2Cc3cc(C#CCOCCCc4ccc(O[C@H]5C[C@H](Oc6ccc(-c7ccc8c(c7)[nH]c7ccncc78)cn6)C5)cn4)ccc3C2=O)C(=O)N1. The first kappa shape index (κ1) is 35.1. The Hall–Kier alpha value is -6.58. The Morgan fingerprint density at radius 3 is 2.57 bits per heavy atom. The molecule has 0 radical (unpaired) electrons. The first-order valence-corrected chi connectivity index (χ1v) is 18.9. The van der Waals surface area contributed by atoms with Crippen LogP contribution in [0.5, 0.6) is 11.6 Å². The monoisotopic (exact) mass is 746 g/mol. The van der Waals surface area contributed by atoms with Crippen LogP contribution in [0.1, 0.15) is 59.3 Å². The highest BCUT2D eigenvalue weighted by Gasteiger charge is 2.39. The van der Waals surface area contributed by atoms with E-state index in [2.05, 4.69) is 55.3 Å². The van der Waals surface area contributed by atoms with Crippen LogP contribution in [0.2, 0.25) is 0 Å². The van der Waals surface area contributed by atoms with Gasteiger partial charge in [-0.05, 0) is 78.9 Å². The third kappa shape index (κ3) is 7.41. The summed E-state index contributed by atoms with van der Waals surface area (Å²) < 4.78 is 18.0. The van der Waals surface area contributed by atoms with Crippen LogP contribution in [-0.4, -0.2) is 74.0 Å². The van der Waals surface area contributed by atoms with Gasteiger partial charge in [0.15, 0.2) is 0 Å². The lowest BCUT2D eigenvalue weighted by atomic mass is 9.92. The molecule has 6 aromatic rings. The number of carbonyl (C=O) groups is 3. The second kappa shape index (κ2) is 15.3. The van der Waals surface area contributed by atoms with Gasteiger partial charge >= 0.3 is 0 Å². The number of hydrogen-bond donors (Lipinski definition) is 2. The molecule has 6 heterocycles. The summed E-state index contributed by atoms with van der Waals surface area (Å²) in [7, 11) is 0. The maximum atomic E-state index is 12.9. The molecule has 2 fully saturated rings. The van der Waals surface area contributed by atoms with Crippen LogP contribution in [0.25, 0.3) is 32.9 Å². The number of hydrogen-bond acceptors (Lipinski definition) is 9. The number of amides is 3. The molecular formula is C44H38N6O6. The summed E-state index contributed by atoms with van der Waals surface area (Å²) in [6.45, 7) is 1.16. The van der Waals surface area contributed by atoms with E-state index in [1.807, 2.05) is 48.8 Å². The van der Waals surface area contributed by atoms with Gasteiger partial charge in [-0.3, -0.25) is 29.7 Å². The number of aryl methyl sites for hydroxylation is 1. The second-order valence-corrected chi connectivity index (χ2v) is 14.4. The molecule has 1 aliphatic carbocycles. The summed E-state index contributed by atoms with van der Waals surface area (Å²) in [6.07, 6.45) is 11.2. The number of carbonyl (C=O) groups excluding carboxylic acids is 3. The summed E-state index contributed by atoms with van der Waals surface area (Å²) in [5.41, 5.74) is 7.39. The van der Waals surface area contributed by atoms with E-state index in [0.29, 0.717) is 31.0 Å². The van der Waals surface area contributed by atoms with Crippen LogP contribution < -0.4 is 14.8 Å². The molecule has 1 saturated carbocycles. The lowest BCUT2D eigenvalue weighted by Crippen LogP contribution is -2.52. The van der Waals surface area contributed by atoms with Gasteiger partial charge in [-0.25, -0.2) is 4.98 Å². The van der Waals surface area contributed by atoms with Gasteiger partial charge in [0.05, 0.1) is 6.20 Å². The zero-order chi connectivity index (χ0) is 38.0. The molecule has 1 atom stereocenters. The third-order valence-corrected chi connectivity index (χ3v) is 10.6. The average molecular weight is 747 g/mol. The Kier molecular flexibility index (Phi) is 9.59. The van der Waals surface area contributed by atoms with Crippen LogP contribution in [-0.2, 0) is 27.3 Å². The fourth-order valence-electron chi connectivity index (χ4n) is 7.52. The lowest BCUT2D eigenvalue weighted by molar-refractivity contribution is -0.136. The predicted octanol–water partition coefficient (Wildman–Crippen LogP) is 5.92. The van der Waals surface area contributed by atoms with E-state index in [1.165, 1.54) is 4.90 Å². The van der Waals surface area contributed by atoms with Gasteiger partial charge in [-0.2, -0.15) is 0 Å². The fourth-order valence-corrected chi connectivity index (χ4v) is 7.52. The van der Waals surface area contributed by atoms with Crippen LogP contribution in [0.3, 0.4) is 0 Å².